The lowest BCUT2D eigenvalue weighted by Gasteiger charge is -2.37. The van der Waals surface area contributed by atoms with Crippen molar-refractivity contribution in [3.05, 3.63) is 65.7 Å². The van der Waals surface area contributed by atoms with Crippen molar-refractivity contribution in [1.29, 1.82) is 0 Å². The molecule has 2 amide bonds. The van der Waals surface area contributed by atoms with Gasteiger partial charge in [0.05, 0.1) is 6.42 Å². The number of piperidine rings is 1. The van der Waals surface area contributed by atoms with Crippen molar-refractivity contribution in [1.82, 2.24) is 14.7 Å². The summed E-state index contributed by atoms with van der Waals surface area (Å²) in [7, 11) is 3.52. The van der Waals surface area contributed by atoms with E-state index in [0.717, 1.165) is 50.2 Å². The summed E-state index contributed by atoms with van der Waals surface area (Å²) < 4.78 is 5.90. The number of amides is 2. The molecule has 0 unspecified atom stereocenters. The smallest absolute Gasteiger partial charge is 0.407 e. The van der Waals surface area contributed by atoms with Crippen LogP contribution in [0.2, 0.25) is 0 Å². The van der Waals surface area contributed by atoms with Gasteiger partial charge in [0.1, 0.15) is 12.4 Å². The van der Waals surface area contributed by atoms with Gasteiger partial charge in [-0.15, -0.1) is 0 Å². The number of carbonyl (C=O) groups is 2. The lowest BCUT2D eigenvalue weighted by molar-refractivity contribution is -0.127. The van der Waals surface area contributed by atoms with Crippen LogP contribution in [0.4, 0.5) is 4.79 Å². The fraction of sp³-hybridized carbons (Fsp3) is 0.481. The number of hydrogen-bond donors (Lipinski definition) is 1. The first-order valence-corrected chi connectivity index (χ1v) is 12.1. The van der Waals surface area contributed by atoms with E-state index in [1.54, 1.807) is 23.9 Å². The standard InChI is InChI=1S/C27H35N3O4/c1-28(2)26(31)18-20-8-10-23(11-9-20)34-17-16-29-14-12-22(13-15-29)30(27(32)33)25-19-24(25)21-6-4-3-5-7-21/h3-11,22,24-25H,12-19H2,1-2H3,(H,32,33)/t24-,25+/m0/s1. The number of rotatable bonds is 9. The highest BCUT2D eigenvalue weighted by Crippen LogP contribution is 2.46. The van der Waals surface area contributed by atoms with Gasteiger partial charge in [0, 0.05) is 51.7 Å². The van der Waals surface area contributed by atoms with Crippen molar-refractivity contribution in [2.75, 3.05) is 40.3 Å². The lowest BCUT2D eigenvalue weighted by atomic mass is 10.0. The van der Waals surface area contributed by atoms with Gasteiger partial charge in [0.15, 0.2) is 0 Å². The van der Waals surface area contributed by atoms with Crippen LogP contribution >= 0.6 is 0 Å². The van der Waals surface area contributed by atoms with Gasteiger partial charge in [-0.05, 0) is 42.5 Å². The van der Waals surface area contributed by atoms with Crippen LogP contribution in [0.15, 0.2) is 54.6 Å². The Kier molecular flexibility index (Phi) is 7.73. The first-order valence-electron chi connectivity index (χ1n) is 12.1. The molecule has 2 fully saturated rings. The zero-order valence-electron chi connectivity index (χ0n) is 20.1. The molecule has 0 spiro atoms. The third kappa shape index (κ3) is 6.08. The maximum absolute atomic E-state index is 12.1. The van der Waals surface area contributed by atoms with E-state index < -0.39 is 6.09 Å². The van der Waals surface area contributed by atoms with E-state index in [1.165, 1.54) is 5.56 Å². The number of likely N-dealkylation sites (N-methyl/N-ethyl adjacent to an activating group) is 1. The van der Waals surface area contributed by atoms with Crippen molar-refractivity contribution in [3.8, 4) is 5.75 Å². The molecule has 34 heavy (non-hydrogen) atoms. The van der Waals surface area contributed by atoms with E-state index in [1.807, 2.05) is 42.5 Å². The molecule has 2 aliphatic rings. The highest BCUT2D eigenvalue weighted by Gasteiger charge is 2.47. The summed E-state index contributed by atoms with van der Waals surface area (Å²) in [5.41, 5.74) is 2.21. The second-order valence-corrected chi connectivity index (χ2v) is 9.54. The molecule has 1 heterocycles. The second-order valence-electron chi connectivity index (χ2n) is 9.54. The van der Waals surface area contributed by atoms with E-state index in [0.29, 0.717) is 18.9 Å². The fourth-order valence-electron chi connectivity index (χ4n) is 4.87. The first-order chi connectivity index (χ1) is 16.4. The molecule has 2 aromatic rings. The summed E-state index contributed by atoms with van der Waals surface area (Å²) in [5, 5.41) is 9.90. The Bertz CT molecular complexity index is 956. The topological polar surface area (TPSA) is 73.3 Å². The highest BCUT2D eigenvalue weighted by molar-refractivity contribution is 5.78. The average Bonchev–Trinajstić information content (AvgIpc) is 3.62. The molecule has 2 aromatic carbocycles. The van der Waals surface area contributed by atoms with Crippen LogP contribution in [0.5, 0.6) is 5.75 Å². The Morgan fingerprint density at radius 2 is 1.71 bits per heavy atom. The number of carbonyl (C=O) groups excluding carboxylic acids is 1. The van der Waals surface area contributed by atoms with Crippen LogP contribution in [-0.4, -0.2) is 84.2 Å². The normalized spacial score (nSPS) is 20.5. The van der Waals surface area contributed by atoms with Gasteiger partial charge in [-0.1, -0.05) is 42.5 Å². The van der Waals surface area contributed by atoms with Gasteiger partial charge in [0.25, 0.3) is 0 Å². The van der Waals surface area contributed by atoms with E-state index in [2.05, 4.69) is 17.0 Å². The Morgan fingerprint density at radius 1 is 1.03 bits per heavy atom. The molecule has 1 saturated heterocycles. The number of likely N-dealkylation sites (tertiary alicyclic amines) is 1. The Morgan fingerprint density at radius 3 is 2.32 bits per heavy atom. The SMILES string of the molecule is CN(C)C(=O)Cc1ccc(OCCN2CCC(N(C(=O)O)[C@@H]3C[C@H]3c3ccccc3)CC2)cc1. The minimum atomic E-state index is -0.791. The van der Waals surface area contributed by atoms with Crippen LogP contribution < -0.4 is 4.74 Å². The summed E-state index contributed by atoms with van der Waals surface area (Å²) in [5.74, 6) is 1.21. The van der Waals surface area contributed by atoms with E-state index in [4.69, 9.17) is 4.74 Å². The van der Waals surface area contributed by atoms with Crippen LogP contribution in [-0.2, 0) is 11.2 Å². The Hall–Kier alpha value is -3.06. The van der Waals surface area contributed by atoms with Crippen LogP contribution in [0.25, 0.3) is 0 Å². The second kappa shape index (κ2) is 10.9. The zero-order valence-corrected chi connectivity index (χ0v) is 20.1. The number of carboxylic acid groups (broad SMARTS) is 1. The Labute approximate surface area is 201 Å². The minimum absolute atomic E-state index is 0.0795. The third-order valence-electron chi connectivity index (χ3n) is 6.97. The van der Waals surface area contributed by atoms with Gasteiger partial charge in [-0.2, -0.15) is 0 Å². The molecule has 0 radical (unpaired) electrons. The van der Waals surface area contributed by atoms with Crippen LogP contribution in [0, 0.1) is 0 Å². The molecule has 1 N–H and O–H groups in total. The summed E-state index contributed by atoms with van der Waals surface area (Å²) >= 11 is 0. The summed E-state index contributed by atoms with van der Waals surface area (Å²) in [6.07, 6.45) is 2.24. The maximum Gasteiger partial charge on any atom is 0.407 e. The quantitative estimate of drug-likeness (QED) is 0.611. The monoisotopic (exact) mass is 465 g/mol. The molecule has 0 aromatic heterocycles. The van der Waals surface area contributed by atoms with Gasteiger partial charge < -0.3 is 19.6 Å². The molecule has 2 atom stereocenters. The molecule has 1 aliphatic carbocycles. The van der Waals surface area contributed by atoms with E-state index >= 15 is 0 Å². The molecule has 0 bridgehead atoms. The average molecular weight is 466 g/mol. The third-order valence-corrected chi connectivity index (χ3v) is 6.97. The van der Waals surface area contributed by atoms with Gasteiger partial charge in [-0.25, -0.2) is 4.79 Å². The summed E-state index contributed by atoms with van der Waals surface area (Å²) in [6, 6.07) is 18.1. The molecule has 7 nitrogen and oxygen atoms in total. The molecule has 1 aliphatic heterocycles. The Balaban J connectivity index is 1.20. The number of nitrogens with zero attached hydrogens (tertiary/aromatic N) is 3. The van der Waals surface area contributed by atoms with E-state index in [-0.39, 0.29) is 18.0 Å². The van der Waals surface area contributed by atoms with Gasteiger partial charge >= 0.3 is 6.09 Å². The molecule has 4 rings (SSSR count). The lowest BCUT2D eigenvalue weighted by Crippen LogP contribution is -2.48. The predicted molar refractivity (Wildman–Crippen MR) is 131 cm³/mol. The number of benzene rings is 2. The van der Waals surface area contributed by atoms with E-state index in [9.17, 15) is 14.7 Å². The molecular formula is C27H35N3O4. The highest BCUT2D eigenvalue weighted by atomic mass is 16.5. The molecule has 1 saturated carbocycles. The van der Waals surface area contributed by atoms with Crippen molar-refractivity contribution < 1.29 is 19.4 Å². The van der Waals surface area contributed by atoms with Gasteiger partial charge in [-0.3, -0.25) is 9.69 Å². The van der Waals surface area contributed by atoms with Crippen molar-refractivity contribution in [2.24, 2.45) is 0 Å². The fourth-order valence-corrected chi connectivity index (χ4v) is 4.87. The predicted octanol–water partition coefficient (Wildman–Crippen LogP) is 3.70. The zero-order chi connectivity index (χ0) is 24.1. The molecule has 182 valence electrons. The molecular weight excluding hydrogens is 430 g/mol. The first kappa shape index (κ1) is 24.1. The van der Waals surface area contributed by atoms with Crippen LogP contribution in [0.1, 0.15) is 36.3 Å². The summed E-state index contributed by atoms with van der Waals surface area (Å²) in [6.45, 7) is 3.16. The largest absolute Gasteiger partial charge is 0.492 e. The summed E-state index contributed by atoms with van der Waals surface area (Å²) in [4.78, 5) is 29.5. The minimum Gasteiger partial charge on any atom is -0.492 e. The number of ether oxygens (including phenoxy) is 1. The van der Waals surface area contributed by atoms with Crippen LogP contribution in [0.3, 0.4) is 0 Å². The van der Waals surface area contributed by atoms with Gasteiger partial charge in [0.2, 0.25) is 5.91 Å². The number of hydrogen-bond acceptors (Lipinski definition) is 4. The van der Waals surface area contributed by atoms with Crippen molar-refractivity contribution >= 4 is 12.0 Å². The van der Waals surface area contributed by atoms with Crippen molar-refractivity contribution in [3.63, 3.8) is 0 Å². The maximum atomic E-state index is 12.1. The molecule has 7 heteroatoms. The van der Waals surface area contributed by atoms with Crippen molar-refractivity contribution in [2.45, 2.75) is 43.7 Å².